The number of hydrogen-bond acceptors (Lipinski definition) is 5. The van der Waals surface area contributed by atoms with E-state index in [9.17, 15) is 9.59 Å². The van der Waals surface area contributed by atoms with Crippen molar-refractivity contribution in [3.63, 3.8) is 0 Å². The second kappa shape index (κ2) is 8.50. The molecule has 0 spiro atoms. The number of carbonyl (C=O) groups is 2. The third-order valence-electron chi connectivity index (χ3n) is 4.25. The van der Waals surface area contributed by atoms with E-state index in [1.165, 1.54) is 20.6 Å². The van der Waals surface area contributed by atoms with Crippen LogP contribution in [0.2, 0.25) is 0 Å². The average Bonchev–Trinajstić information content (AvgIpc) is 2.61. The van der Waals surface area contributed by atoms with Gasteiger partial charge < -0.3 is 14.8 Å². The monoisotopic (exact) mass is 320 g/mol. The van der Waals surface area contributed by atoms with E-state index in [4.69, 9.17) is 9.47 Å². The summed E-state index contributed by atoms with van der Waals surface area (Å²) in [6, 6.07) is 2.87. The van der Waals surface area contributed by atoms with Crippen LogP contribution in [0, 0.1) is 5.92 Å². The summed E-state index contributed by atoms with van der Waals surface area (Å²) >= 11 is 0. The number of carbonyl (C=O) groups excluding carboxylic acids is 2. The van der Waals surface area contributed by atoms with Gasteiger partial charge in [-0.1, -0.05) is 25.3 Å². The molecule has 1 N–H and O–H groups in total. The molecule has 1 aliphatic rings. The molecule has 2 rings (SSSR count). The number of esters is 1. The Morgan fingerprint density at radius 2 is 2.04 bits per heavy atom. The Morgan fingerprint density at radius 3 is 2.70 bits per heavy atom. The van der Waals surface area contributed by atoms with Crippen molar-refractivity contribution < 1.29 is 19.1 Å². The van der Waals surface area contributed by atoms with Gasteiger partial charge in [0.05, 0.1) is 14.2 Å². The van der Waals surface area contributed by atoms with Crippen molar-refractivity contribution in [3.8, 4) is 5.88 Å². The summed E-state index contributed by atoms with van der Waals surface area (Å²) in [6.07, 6.45) is 7.00. The van der Waals surface area contributed by atoms with Gasteiger partial charge in [0.1, 0.15) is 6.04 Å². The first kappa shape index (κ1) is 17.2. The number of nitrogens with one attached hydrogen (secondary N) is 1. The average molecular weight is 320 g/mol. The number of nitrogens with zero attached hydrogens (tertiary/aromatic N) is 1. The minimum Gasteiger partial charge on any atom is -0.481 e. The normalized spacial score (nSPS) is 16.4. The van der Waals surface area contributed by atoms with Gasteiger partial charge >= 0.3 is 5.97 Å². The number of amides is 1. The fourth-order valence-corrected chi connectivity index (χ4v) is 2.97. The number of aromatic nitrogens is 1. The molecule has 1 aliphatic carbocycles. The van der Waals surface area contributed by atoms with Gasteiger partial charge in [0, 0.05) is 24.1 Å². The summed E-state index contributed by atoms with van der Waals surface area (Å²) in [5.41, 5.74) is 0.759. The summed E-state index contributed by atoms with van der Waals surface area (Å²) < 4.78 is 10.0. The van der Waals surface area contributed by atoms with Crippen LogP contribution in [0.5, 0.6) is 5.88 Å². The molecule has 1 aromatic heterocycles. The Bertz CT molecular complexity index is 541. The van der Waals surface area contributed by atoms with Crippen molar-refractivity contribution in [2.75, 3.05) is 14.2 Å². The Kier molecular flexibility index (Phi) is 6.38. The Morgan fingerprint density at radius 1 is 1.30 bits per heavy atom. The molecule has 1 fully saturated rings. The lowest BCUT2D eigenvalue weighted by atomic mass is 9.88. The molecule has 0 saturated heterocycles. The van der Waals surface area contributed by atoms with Crippen LogP contribution in [0.3, 0.4) is 0 Å². The second-order valence-electron chi connectivity index (χ2n) is 5.80. The lowest BCUT2D eigenvalue weighted by Crippen LogP contribution is -2.45. The molecule has 0 unspecified atom stereocenters. The summed E-state index contributed by atoms with van der Waals surface area (Å²) in [5, 5.41) is 2.84. The zero-order valence-corrected chi connectivity index (χ0v) is 13.7. The van der Waals surface area contributed by atoms with Crippen LogP contribution in [-0.2, 0) is 20.7 Å². The first-order valence-corrected chi connectivity index (χ1v) is 8.01. The summed E-state index contributed by atoms with van der Waals surface area (Å²) in [7, 11) is 2.85. The smallest absolute Gasteiger partial charge is 0.328 e. The van der Waals surface area contributed by atoms with Gasteiger partial charge in [-0.3, -0.25) is 4.79 Å². The number of rotatable bonds is 6. The Labute approximate surface area is 136 Å². The van der Waals surface area contributed by atoms with Crippen LogP contribution in [0.1, 0.15) is 37.7 Å². The van der Waals surface area contributed by atoms with Crippen LogP contribution < -0.4 is 10.1 Å². The molecule has 1 saturated carbocycles. The van der Waals surface area contributed by atoms with E-state index in [2.05, 4.69) is 10.3 Å². The maximum Gasteiger partial charge on any atom is 0.328 e. The van der Waals surface area contributed by atoms with Gasteiger partial charge in [0.25, 0.3) is 0 Å². The summed E-state index contributed by atoms with van der Waals surface area (Å²) in [4.78, 5) is 28.6. The van der Waals surface area contributed by atoms with E-state index in [0.29, 0.717) is 12.3 Å². The van der Waals surface area contributed by atoms with Gasteiger partial charge in [-0.05, 0) is 18.9 Å². The highest BCUT2D eigenvalue weighted by Crippen LogP contribution is 2.24. The third kappa shape index (κ3) is 4.68. The summed E-state index contributed by atoms with van der Waals surface area (Å²) in [5.74, 6) is -0.0805. The molecule has 1 heterocycles. The van der Waals surface area contributed by atoms with Gasteiger partial charge in [-0.2, -0.15) is 0 Å². The Hall–Kier alpha value is -2.11. The maximum atomic E-state index is 12.4. The number of hydrogen-bond donors (Lipinski definition) is 1. The van der Waals surface area contributed by atoms with E-state index in [1.807, 2.05) is 6.07 Å². The minimum absolute atomic E-state index is 0.00769. The maximum absolute atomic E-state index is 12.4. The molecule has 0 bridgehead atoms. The molecule has 1 aromatic rings. The molecule has 1 atom stereocenters. The van der Waals surface area contributed by atoms with Crippen molar-refractivity contribution in [1.82, 2.24) is 10.3 Å². The van der Waals surface area contributed by atoms with Crippen molar-refractivity contribution >= 4 is 11.9 Å². The summed E-state index contributed by atoms with van der Waals surface area (Å²) in [6.45, 7) is 0. The van der Waals surface area contributed by atoms with Crippen molar-refractivity contribution in [2.45, 2.75) is 44.6 Å². The van der Waals surface area contributed by atoms with E-state index in [1.54, 1.807) is 12.3 Å². The minimum atomic E-state index is -0.729. The zero-order chi connectivity index (χ0) is 16.7. The van der Waals surface area contributed by atoms with Crippen LogP contribution in [0.25, 0.3) is 0 Å². The predicted octanol–water partition coefficient (Wildman–Crippen LogP) is 1.87. The molecule has 0 aliphatic heterocycles. The first-order chi connectivity index (χ1) is 11.2. The molecule has 23 heavy (non-hydrogen) atoms. The van der Waals surface area contributed by atoms with E-state index >= 15 is 0 Å². The topological polar surface area (TPSA) is 77.5 Å². The molecule has 0 radical (unpaired) electrons. The quantitative estimate of drug-likeness (QED) is 0.810. The van der Waals surface area contributed by atoms with Crippen molar-refractivity contribution in [1.29, 1.82) is 0 Å². The van der Waals surface area contributed by atoms with E-state index in [0.717, 1.165) is 31.2 Å². The fraction of sp³-hybridized carbons (Fsp3) is 0.588. The van der Waals surface area contributed by atoms with Gasteiger partial charge in [-0.15, -0.1) is 0 Å². The molecular formula is C17H24N2O4. The standard InChI is InChI=1S/C17H24N2O4/c1-22-16-13(9-6-10-18-16)11-14(17(21)23-2)19-15(20)12-7-4-3-5-8-12/h6,9-10,12,14H,3-5,7-8,11H2,1-2H3,(H,19,20)/t14-/m1/s1. The van der Waals surface area contributed by atoms with Crippen LogP contribution in [-0.4, -0.2) is 37.1 Å². The highest BCUT2D eigenvalue weighted by molar-refractivity contribution is 5.86. The number of ether oxygens (including phenoxy) is 2. The van der Waals surface area contributed by atoms with Gasteiger partial charge in [0.2, 0.25) is 11.8 Å². The zero-order valence-electron chi connectivity index (χ0n) is 13.7. The SMILES string of the molecule is COC(=O)[C@@H](Cc1cccnc1OC)NC(=O)C1CCCCC1. The van der Waals surface area contributed by atoms with Crippen LogP contribution >= 0.6 is 0 Å². The molecule has 1 amide bonds. The third-order valence-corrected chi connectivity index (χ3v) is 4.25. The lowest BCUT2D eigenvalue weighted by Gasteiger charge is -2.24. The number of pyridine rings is 1. The first-order valence-electron chi connectivity index (χ1n) is 8.01. The molecule has 6 heteroatoms. The second-order valence-corrected chi connectivity index (χ2v) is 5.80. The highest BCUT2D eigenvalue weighted by atomic mass is 16.5. The van der Waals surface area contributed by atoms with Gasteiger partial charge in [-0.25, -0.2) is 9.78 Å². The molecule has 0 aromatic carbocycles. The Balaban J connectivity index is 2.07. The predicted molar refractivity (Wildman–Crippen MR) is 85.0 cm³/mol. The van der Waals surface area contributed by atoms with Crippen LogP contribution in [0.15, 0.2) is 18.3 Å². The number of methoxy groups -OCH3 is 2. The largest absolute Gasteiger partial charge is 0.481 e. The van der Waals surface area contributed by atoms with Crippen molar-refractivity contribution in [2.24, 2.45) is 5.92 Å². The lowest BCUT2D eigenvalue weighted by molar-refractivity contribution is -0.145. The van der Waals surface area contributed by atoms with E-state index < -0.39 is 12.0 Å². The fourth-order valence-electron chi connectivity index (χ4n) is 2.97. The van der Waals surface area contributed by atoms with Crippen LogP contribution in [0.4, 0.5) is 0 Å². The van der Waals surface area contributed by atoms with Crippen molar-refractivity contribution in [3.05, 3.63) is 23.9 Å². The van der Waals surface area contributed by atoms with Gasteiger partial charge in [0.15, 0.2) is 0 Å². The molecular weight excluding hydrogens is 296 g/mol. The molecule has 126 valence electrons. The molecule has 6 nitrogen and oxygen atoms in total. The highest BCUT2D eigenvalue weighted by Gasteiger charge is 2.28. The van der Waals surface area contributed by atoms with E-state index in [-0.39, 0.29) is 11.8 Å².